The molecule has 0 radical (unpaired) electrons. The second-order valence-corrected chi connectivity index (χ2v) is 2.09. The summed E-state index contributed by atoms with van der Waals surface area (Å²) in [6.07, 6.45) is 0. The van der Waals surface area contributed by atoms with Crippen LogP contribution in [0.2, 0.25) is 0 Å². The van der Waals surface area contributed by atoms with E-state index in [0.29, 0.717) is 5.75 Å². The molecule has 12 heavy (non-hydrogen) atoms. The molecule has 0 bridgehead atoms. The summed E-state index contributed by atoms with van der Waals surface area (Å²) in [5.74, 6) is 0.322. The molecule has 0 aliphatic heterocycles. The van der Waals surface area contributed by atoms with E-state index in [1.165, 1.54) is 0 Å². The molecule has 1 aromatic rings. The fourth-order valence-corrected chi connectivity index (χ4v) is 0.428. The zero-order chi connectivity index (χ0) is 8.69. The Morgan fingerprint density at radius 3 is 1.67 bits per heavy atom. The molecule has 0 aromatic heterocycles. The van der Waals surface area contributed by atoms with Crippen LogP contribution in [0.3, 0.4) is 0 Å². The third-order valence-corrected chi connectivity index (χ3v) is 0.756. The molecule has 0 saturated heterocycles. The molecular formula is C6H7NiO4P. The number of rotatable bonds is 0. The van der Waals surface area contributed by atoms with Crippen LogP contribution in [-0.2, 0) is 21.1 Å². The second-order valence-electron chi connectivity index (χ2n) is 1.59. The van der Waals surface area contributed by atoms with Crippen LogP contribution in [-0.4, -0.2) is 5.11 Å². The molecule has 0 heterocycles. The van der Waals surface area contributed by atoms with Crippen LogP contribution in [0, 0.1) is 0 Å². The average Bonchev–Trinajstić information content (AvgIpc) is 1.87. The zero-order valence-corrected chi connectivity index (χ0v) is 7.86. The van der Waals surface area contributed by atoms with Crippen LogP contribution >= 0.6 is 8.25 Å². The fourth-order valence-electron chi connectivity index (χ4n) is 0.428. The van der Waals surface area contributed by atoms with Gasteiger partial charge in [-0.3, -0.25) is 0 Å². The predicted octanol–water partition coefficient (Wildman–Crippen LogP) is -0.514. The molecule has 0 atom stereocenters. The monoisotopic (exact) mass is 232 g/mol. The fraction of sp³-hybridized carbons (Fsp3) is 0. The predicted molar refractivity (Wildman–Crippen MR) is 37.1 cm³/mol. The number of phenols is 1. The number of phenolic OH excluding ortho intramolecular Hbond substituents is 1. The summed E-state index contributed by atoms with van der Waals surface area (Å²) < 4.78 is 8.52. The Morgan fingerprint density at radius 1 is 1.17 bits per heavy atom. The van der Waals surface area contributed by atoms with Gasteiger partial charge in [0.15, 0.2) is 0 Å². The maximum Gasteiger partial charge on any atom is 2.00 e. The summed E-state index contributed by atoms with van der Waals surface area (Å²) in [4.78, 5) is 17.0. The standard InChI is InChI=1S/C6H6O.Ni.H3O3P/c7-6-4-2-1-3-5-6;;1-4(2)3/h1-5,7H;;4H,(H2,1,2,3)/q;+2;/p-2. The Morgan fingerprint density at radius 2 is 1.50 bits per heavy atom. The van der Waals surface area contributed by atoms with E-state index in [0.717, 1.165) is 0 Å². The van der Waals surface area contributed by atoms with Crippen molar-refractivity contribution in [3.63, 3.8) is 0 Å². The van der Waals surface area contributed by atoms with E-state index in [2.05, 4.69) is 0 Å². The summed E-state index contributed by atoms with van der Waals surface area (Å²) in [6.45, 7) is 0. The number of hydrogen-bond acceptors (Lipinski definition) is 4. The molecule has 1 N–H and O–H groups in total. The summed E-state index contributed by atoms with van der Waals surface area (Å²) >= 11 is 0. The Balaban J connectivity index is 0. The van der Waals surface area contributed by atoms with Crippen molar-refractivity contribution in [2.75, 3.05) is 0 Å². The number of benzene rings is 1. The van der Waals surface area contributed by atoms with Crippen molar-refractivity contribution in [2.45, 2.75) is 0 Å². The largest absolute Gasteiger partial charge is 2.00 e. The SMILES string of the molecule is O=[PH]([O-])[O-].Oc1ccccc1.[Ni+2]. The van der Waals surface area contributed by atoms with Gasteiger partial charge in [0, 0.05) is 0 Å². The van der Waals surface area contributed by atoms with Crippen molar-refractivity contribution < 1.29 is 35.9 Å². The average molecular weight is 233 g/mol. The van der Waals surface area contributed by atoms with Crippen LogP contribution < -0.4 is 9.79 Å². The van der Waals surface area contributed by atoms with Gasteiger partial charge in [-0.05, 0) is 12.1 Å². The van der Waals surface area contributed by atoms with E-state index >= 15 is 0 Å². The first kappa shape index (κ1) is 14.2. The van der Waals surface area contributed by atoms with Gasteiger partial charge in [0.25, 0.3) is 0 Å². The first-order chi connectivity index (χ1) is 5.13. The molecular weight excluding hydrogens is 226 g/mol. The minimum Gasteiger partial charge on any atom is -0.813 e. The maximum absolute atomic E-state index is 8.63. The van der Waals surface area contributed by atoms with Crippen LogP contribution in [0.25, 0.3) is 0 Å². The van der Waals surface area contributed by atoms with E-state index in [9.17, 15) is 0 Å². The van der Waals surface area contributed by atoms with Gasteiger partial charge in [-0.2, -0.15) is 0 Å². The number of para-hydroxylation sites is 1. The normalized spacial score (nSPS) is 7.92. The van der Waals surface area contributed by atoms with Gasteiger partial charge >= 0.3 is 16.5 Å². The summed E-state index contributed by atoms with van der Waals surface area (Å²) in [7, 11) is -3.63. The molecule has 0 saturated carbocycles. The zero-order valence-electron chi connectivity index (χ0n) is 5.87. The summed E-state index contributed by atoms with van der Waals surface area (Å²) in [6, 6.07) is 8.71. The van der Waals surface area contributed by atoms with E-state index < -0.39 is 8.25 Å². The molecule has 1 aromatic carbocycles. The topological polar surface area (TPSA) is 83.4 Å². The third-order valence-electron chi connectivity index (χ3n) is 0.756. The van der Waals surface area contributed by atoms with E-state index in [-0.39, 0.29) is 16.5 Å². The molecule has 0 aliphatic rings. The Labute approximate surface area is 80.7 Å². The van der Waals surface area contributed by atoms with Gasteiger partial charge in [0.1, 0.15) is 5.75 Å². The van der Waals surface area contributed by atoms with Crippen LogP contribution in [0.4, 0.5) is 0 Å². The molecule has 0 unspecified atom stereocenters. The minimum absolute atomic E-state index is 0. The smallest absolute Gasteiger partial charge is 0.813 e. The van der Waals surface area contributed by atoms with Crippen LogP contribution in [0.15, 0.2) is 30.3 Å². The molecule has 0 aliphatic carbocycles. The van der Waals surface area contributed by atoms with Crippen molar-refractivity contribution in [1.82, 2.24) is 0 Å². The van der Waals surface area contributed by atoms with Gasteiger partial charge in [0.2, 0.25) is 0 Å². The quantitative estimate of drug-likeness (QED) is 0.482. The molecule has 0 fully saturated rings. The molecule has 4 nitrogen and oxygen atoms in total. The van der Waals surface area contributed by atoms with E-state index in [1.807, 2.05) is 6.07 Å². The number of hydrogen-bond donors (Lipinski definition) is 1. The molecule has 70 valence electrons. The maximum atomic E-state index is 8.63. The van der Waals surface area contributed by atoms with Gasteiger partial charge in [0.05, 0.1) is 0 Å². The molecule has 6 heteroatoms. The van der Waals surface area contributed by atoms with Gasteiger partial charge in [-0.15, -0.1) is 0 Å². The Kier molecular flexibility index (Phi) is 10.4. The van der Waals surface area contributed by atoms with Crippen molar-refractivity contribution in [3.8, 4) is 5.75 Å². The van der Waals surface area contributed by atoms with Crippen molar-refractivity contribution in [1.29, 1.82) is 0 Å². The summed E-state index contributed by atoms with van der Waals surface area (Å²) in [5, 5.41) is 8.63. The van der Waals surface area contributed by atoms with Crippen molar-refractivity contribution in [2.24, 2.45) is 0 Å². The van der Waals surface area contributed by atoms with E-state index in [1.54, 1.807) is 24.3 Å². The molecule has 0 amide bonds. The van der Waals surface area contributed by atoms with Crippen molar-refractivity contribution >= 4 is 8.25 Å². The Bertz CT molecular complexity index is 212. The van der Waals surface area contributed by atoms with Gasteiger partial charge in [-0.25, -0.2) is 0 Å². The van der Waals surface area contributed by atoms with E-state index in [4.69, 9.17) is 19.5 Å². The first-order valence-corrected chi connectivity index (χ1v) is 3.97. The van der Waals surface area contributed by atoms with Gasteiger partial charge in [-0.1, -0.05) is 26.5 Å². The molecule has 0 spiro atoms. The van der Waals surface area contributed by atoms with Crippen molar-refractivity contribution in [3.05, 3.63) is 30.3 Å². The minimum atomic E-state index is -3.63. The van der Waals surface area contributed by atoms with Crippen LogP contribution in [0.5, 0.6) is 5.75 Å². The molecule has 1 rings (SSSR count). The number of aromatic hydroxyl groups is 1. The van der Waals surface area contributed by atoms with Gasteiger partial charge < -0.3 is 19.5 Å². The van der Waals surface area contributed by atoms with Crippen LogP contribution in [0.1, 0.15) is 0 Å². The second kappa shape index (κ2) is 8.76. The summed E-state index contributed by atoms with van der Waals surface area (Å²) in [5.41, 5.74) is 0. The third kappa shape index (κ3) is 12.4. The Hall–Kier alpha value is -0.336. The first-order valence-electron chi connectivity index (χ1n) is 2.75.